The first-order valence-electron chi connectivity index (χ1n) is 5.93. The van der Waals surface area contributed by atoms with Gasteiger partial charge in [-0.05, 0) is 6.92 Å². The summed E-state index contributed by atoms with van der Waals surface area (Å²) in [5, 5.41) is 4.19. The van der Waals surface area contributed by atoms with Crippen molar-refractivity contribution in [1.29, 1.82) is 0 Å². The van der Waals surface area contributed by atoms with Crippen molar-refractivity contribution in [3.63, 3.8) is 0 Å². The van der Waals surface area contributed by atoms with Crippen molar-refractivity contribution in [2.45, 2.75) is 6.92 Å². The Hall–Kier alpha value is -2.35. The van der Waals surface area contributed by atoms with E-state index in [4.69, 9.17) is 4.52 Å². The average molecular weight is 236 g/mol. The second kappa shape index (κ2) is 4.49. The molecule has 0 aliphatic rings. The summed E-state index contributed by atoms with van der Waals surface area (Å²) in [6.07, 6.45) is 0. The van der Waals surface area contributed by atoms with Crippen LogP contribution in [0.25, 0.3) is 22.6 Å². The number of nitrogens with zero attached hydrogens (tertiary/aromatic N) is 1. The third-order valence-electron chi connectivity index (χ3n) is 3.01. The van der Waals surface area contributed by atoms with E-state index in [0.29, 0.717) is 0 Å². The molecule has 0 saturated heterocycles. The summed E-state index contributed by atoms with van der Waals surface area (Å²) in [6, 6.07) is 20.1. The number of hydrogen-bond donors (Lipinski definition) is 0. The second-order valence-corrected chi connectivity index (χ2v) is 4.22. The largest absolute Gasteiger partial charge is 0.355 e. The highest BCUT2D eigenvalue weighted by Gasteiger charge is 2.14. The Morgan fingerprint density at radius 3 is 1.94 bits per heavy atom. The zero-order valence-corrected chi connectivity index (χ0v) is 10.1. The zero-order valence-electron chi connectivity index (χ0n) is 10.1. The summed E-state index contributed by atoms with van der Waals surface area (Å²) in [5.41, 5.74) is 4.13. The highest BCUT2D eigenvalue weighted by Crippen LogP contribution is 2.30. The number of aromatic nitrogens is 1. The molecule has 0 amide bonds. The van der Waals surface area contributed by atoms with Gasteiger partial charge in [0.2, 0.25) is 0 Å². The molecule has 1 heterocycles. The molecule has 2 nitrogen and oxygen atoms in total. The third kappa shape index (κ3) is 1.82. The Labute approximate surface area is 106 Å². The molecule has 0 unspecified atom stereocenters. The molecule has 3 aromatic rings. The fourth-order valence-corrected chi connectivity index (χ4v) is 2.06. The molecule has 3 rings (SSSR count). The summed E-state index contributed by atoms with van der Waals surface area (Å²) in [5.74, 6) is 0.842. The first kappa shape index (κ1) is 10.8. The molecular formula is C16H13NO. The predicted octanol–water partition coefficient (Wildman–Crippen LogP) is 4.32. The van der Waals surface area contributed by atoms with E-state index in [9.17, 15) is 0 Å². The molecule has 2 heteroatoms. The van der Waals surface area contributed by atoms with Gasteiger partial charge in [0.05, 0.1) is 0 Å². The van der Waals surface area contributed by atoms with Gasteiger partial charge in [-0.15, -0.1) is 0 Å². The van der Waals surface area contributed by atoms with Gasteiger partial charge in [0.1, 0.15) is 5.69 Å². The molecule has 1 aromatic heterocycles. The van der Waals surface area contributed by atoms with Crippen LogP contribution < -0.4 is 0 Å². The molecule has 0 spiro atoms. The average Bonchev–Trinajstić information content (AvgIpc) is 2.83. The summed E-state index contributed by atoms with van der Waals surface area (Å²) in [6.45, 7) is 2.04. The fourth-order valence-electron chi connectivity index (χ4n) is 2.06. The zero-order chi connectivity index (χ0) is 12.4. The standard InChI is InChI=1S/C16H13NO/c1-12-15(13-8-4-2-5-9-13)17-18-16(12)14-10-6-3-7-11-14/h2-11H,1H3/i15+1. The SMILES string of the molecule is Cc1c(-c2ccccc2)on[13c]1-c1ccccc1. The predicted molar refractivity (Wildman–Crippen MR) is 72.1 cm³/mol. The van der Waals surface area contributed by atoms with Gasteiger partial charge < -0.3 is 4.52 Å². The number of benzene rings is 2. The lowest BCUT2D eigenvalue weighted by molar-refractivity contribution is 0.434. The number of hydrogen-bond acceptors (Lipinski definition) is 2. The van der Waals surface area contributed by atoms with Crippen molar-refractivity contribution >= 4 is 0 Å². The van der Waals surface area contributed by atoms with Crippen LogP contribution >= 0.6 is 0 Å². The lowest BCUT2D eigenvalue weighted by atomic mass is 10.1. The minimum absolute atomic E-state index is 0.842. The topological polar surface area (TPSA) is 26.0 Å². The molecule has 88 valence electrons. The Morgan fingerprint density at radius 2 is 1.33 bits per heavy atom. The van der Waals surface area contributed by atoms with Crippen molar-refractivity contribution < 1.29 is 4.52 Å². The third-order valence-corrected chi connectivity index (χ3v) is 3.01. The maximum absolute atomic E-state index is 5.49. The fraction of sp³-hybridized carbons (Fsp3) is 0.0625. The van der Waals surface area contributed by atoms with Crippen LogP contribution in [-0.4, -0.2) is 5.16 Å². The van der Waals surface area contributed by atoms with Crippen LogP contribution in [-0.2, 0) is 0 Å². The molecule has 0 fully saturated rings. The van der Waals surface area contributed by atoms with Gasteiger partial charge in [-0.25, -0.2) is 0 Å². The van der Waals surface area contributed by atoms with E-state index in [2.05, 4.69) is 5.16 Å². The van der Waals surface area contributed by atoms with E-state index >= 15 is 0 Å². The van der Waals surface area contributed by atoms with Crippen molar-refractivity contribution in [2.75, 3.05) is 0 Å². The van der Waals surface area contributed by atoms with Gasteiger partial charge in [-0.3, -0.25) is 0 Å². The van der Waals surface area contributed by atoms with Crippen LogP contribution in [0.1, 0.15) is 5.56 Å². The Kier molecular flexibility index (Phi) is 2.69. The summed E-state index contributed by atoms with van der Waals surface area (Å²) in [7, 11) is 0. The van der Waals surface area contributed by atoms with Crippen LogP contribution in [0.3, 0.4) is 0 Å². The van der Waals surface area contributed by atoms with Gasteiger partial charge in [0.15, 0.2) is 5.76 Å². The van der Waals surface area contributed by atoms with Gasteiger partial charge >= 0.3 is 0 Å². The molecule has 0 bridgehead atoms. The highest BCUT2D eigenvalue weighted by molar-refractivity contribution is 5.71. The van der Waals surface area contributed by atoms with Crippen molar-refractivity contribution in [3.8, 4) is 22.6 Å². The molecule has 18 heavy (non-hydrogen) atoms. The van der Waals surface area contributed by atoms with Gasteiger partial charge in [0.25, 0.3) is 0 Å². The molecule has 0 saturated carbocycles. The Morgan fingerprint density at radius 1 is 0.778 bits per heavy atom. The van der Waals surface area contributed by atoms with E-state index in [1.807, 2.05) is 67.6 Å². The Bertz CT molecular complexity index is 584. The molecule has 0 aliphatic heterocycles. The first-order valence-corrected chi connectivity index (χ1v) is 5.93. The second-order valence-electron chi connectivity index (χ2n) is 4.22. The van der Waals surface area contributed by atoms with Crippen LogP contribution in [0.5, 0.6) is 0 Å². The molecule has 0 radical (unpaired) electrons. The smallest absolute Gasteiger partial charge is 0.170 e. The Balaban J connectivity index is 2.09. The molecule has 0 N–H and O–H groups in total. The van der Waals surface area contributed by atoms with Crippen LogP contribution in [0.2, 0.25) is 0 Å². The minimum atomic E-state index is 0.842. The van der Waals surface area contributed by atoms with Gasteiger partial charge in [0, 0.05) is 16.7 Å². The van der Waals surface area contributed by atoms with Gasteiger partial charge in [-0.2, -0.15) is 0 Å². The lowest BCUT2D eigenvalue weighted by Crippen LogP contribution is -1.81. The van der Waals surface area contributed by atoms with E-state index in [-0.39, 0.29) is 0 Å². The maximum Gasteiger partial charge on any atom is 0.170 e. The summed E-state index contributed by atoms with van der Waals surface area (Å²) >= 11 is 0. The minimum Gasteiger partial charge on any atom is -0.355 e. The van der Waals surface area contributed by atoms with Gasteiger partial charge in [-0.1, -0.05) is 65.8 Å². The lowest BCUT2D eigenvalue weighted by Gasteiger charge is -1.98. The van der Waals surface area contributed by atoms with E-state index < -0.39 is 0 Å². The van der Waals surface area contributed by atoms with Crippen molar-refractivity contribution in [2.24, 2.45) is 0 Å². The van der Waals surface area contributed by atoms with Crippen LogP contribution in [0.4, 0.5) is 0 Å². The molecule has 2 aromatic carbocycles. The molecule has 0 atom stereocenters. The normalized spacial score (nSPS) is 10.5. The van der Waals surface area contributed by atoms with Crippen LogP contribution in [0, 0.1) is 6.92 Å². The monoisotopic (exact) mass is 236 g/mol. The quantitative estimate of drug-likeness (QED) is 0.662. The van der Waals surface area contributed by atoms with E-state index in [1.165, 1.54) is 0 Å². The first-order chi connectivity index (χ1) is 8.86. The number of rotatable bonds is 2. The van der Waals surface area contributed by atoms with Crippen molar-refractivity contribution in [1.82, 2.24) is 5.16 Å². The highest BCUT2D eigenvalue weighted by atomic mass is 16.5. The van der Waals surface area contributed by atoms with Crippen molar-refractivity contribution in [3.05, 3.63) is 66.2 Å². The van der Waals surface area contributed by atoms with E-state index in [0.717, 1.165) is 28.1 Å². The van der Waals surface area contributed by atoms with E-state index in [1.54, 1.807) is 0 Å². The molecule has 0 aliphatic carbocycles. The van der Waals surface area contributed by atoms with Crippen LogP contribution in [0.15, 0.2) is 65.2 Å². The summed E-state index contributed by atoms with van der Waals surface area (Å²) in [4.78, 5) is 0. The maximum atomic E-state index is 5.49. The molecular weight excluding hydrogens is 223 g/mol. The summed E-state index contributed by atoms with van der Waals surface area (Å²) < 4.78 is 5.49.